The van der Waals surface area contributed by atoms with Gasteiger partial charge in [0.05, 0.1) is 12.2 Å². The van der Waals surface area contributed by atoms with Crippen LogP contribution >= 0.6 is 0 Å². The van der Waals surface area contributed by atoms with Crippen LogP contribution in [0, 0.1) is 0 Å². The van der Waals surface area contributed by atoms with Crippen molar-refractivity contribution in [1.82, 2.24) is 0 Å². The Morgan fingerprint density at radius 1 is 1.12 bits per heavy atom. The summed E-state index contributed by atoms with van der Waals surface area (Å²) in [6.45, 7) is 2.82. The lowest BCUT2D eigenvalue weighted by molar-refractivity contribution is 0.172. The first-order chi connectivity index (χ1) is 7.25. The predicted molar refractivity (Wildman–Crippen MR) is 57.5 cm³/mol. The topological polar surface area (TPSA) is 94.8 Å². The van der Waals surface area contributed by atoms with Crippen LogP contribution in [0.25, 0.3) is 0 Å². The lowest BCUT2D eigenvalue weighted by Gasteiger charge is -2.17. The Balaban J connectivity index is 3.58. The van der Waals surface area contributed by atoms with E-state index in [0.717, 1.165) is 0 Å². The van der Waals surface area contributed by atoms with E-state index < -0.39 is 22.3 Å². The minimum absolute atomic E-state index is 0.0278. The van der Waals surface area contributed by atoms with Crippen molar-refractivity contribution in [2.45, 2.75) is 31.0 Å². The molecule has 2 unspecified atom stereocenters. The molecule has 0 aromatic heterocycles. The van der Waals surface area contributed by atoms with Crippen LogP contribution in [0.15, 0.2) is 23.1 Å². The normalized spacial score (nSPS) is 15.8. The second-order valence-electron chi connectivity index (χ2n) is 3.59. The molecule has 2 atom stereocenters. The molecule has 0 heterocycles. The van der Waals surface area contributed by atoms with Gasteiger partial charge in [-0.25, -0.2) is 0 Å². The molecule has 0 aliphatic rings. The highest BCUT2D eigenvalue weighted by Crippen LogP contribution is 2.29. The van der Waals surface area contributed by atoms with Gasteiger partial charge < -0.3 is 10.2 Å². The molecular weight excluding hydrogens is 232 g/mol. The molecule has 0 fully saturated rings. The van der Waals surface area contributed by atoms with E-state index in [1.165, 1.54) is 32.0 Å². The lowest BCUT2D eigenvalue weighted by Crippen LogP contribution is -2.10. The molecule has 0 aliphatic carbocycles. The van der Waals surface area contributed by atoms with Crippen LogP contribution in [-0.2, 0) is 10.1 Å². The molecule has 5 nitrogen and oxygen atoms in total. The van der Waals surface area contributed by atoms with Crippen LogP contribution in [0.1, 0.15) is 37.2 Å². The van der Waals surface area contributed by atoms with Crippen LogP contribution < -0.4 is 0 Å². The van der Waals surface area contributed by atoms with Crippen molar-refractivity contribution in [2.75, 3.05) is 0 Å². The Morgan fingerprint density at radius 3 is 2.06 bits per heavy atom. The van der Waals surface area contributed by atoms with E-state index in [2.05, 4.69) is 0 Å². The minimum atomic E-state index is -4.41. The molecule has 0 bridgehead atoms. The second-order valence-corrected chi connectivity index (χ2v) is 4.98. The maximum Gasteiger partial charge on any atom is 0.294 e. The maximum absolute atomic E-state index is 11.1. The van der Waals surface area contributed by atoms with Gasteiger partial charge in [-0.05, 0) is 25.5 Å². The molecule has 0 amide bonds. The van der Waals surface area contributed by atoms with Gasteiger partial charge in [0.25, 0.3) is 10.1 Å². The number of hydrogen-bond acceptors (Lipinski definition) is 4. The third kappa shape index (κ3) is 2.59. The first kappa shape index (κ1) is 13.1. The van der Waals surface area contributed by atoms with Gasteiger partial charge in [-0.1, -0.05) is 12.1 Å². The van der Waals surface area contributed by atoms with Crippen molar-refractivity contribution < 1.29 is 23.2 Å². The Kier molecular flexibility index (Phi) is 3.69. The summed E-state index contributed by atoms with van der Waals surface area (Å²) in [6, 6.07) is 4.09. The van der Waals surface area contributed by atoms with Gasteiger partial charge in [-0.3, -0.25) is 4.55 Å². The Labute approximate surface area is 94.1 Å². The van der Waals surface area contributed by atoms with E-state index in [-0.39, 0.29) is 16.0 Å². The van der Waals surface area contributed by atoms with Gasteiger partial charge in [0.2, 0.25) is 0 Å². The standard InChI is InChI=1S/C10H14O5S/c1-6(11)8-4-3-5-9(16(13,14)15)10(8)7(2)12/h3-7,11-12H,1-2H3,(H,13,14,15). The fourth-order valence-electron chi connectivity index (χ4n) is 1.60. The van der Waals surface area contributed by atoms with Gasteiger partial charge in [0.15, 0.2) is 0 Å². The SMILES string of the molecule is CC(O)c1cccc(S(=O)(=O)O)c1C(C)O. The molecule has 3 N–H and O–H groups in total. The number of benzene rings is 1. The number of hydrogen-bond donors (Lipinski definition) is 3. The van der Waals surface area contributed by atoms with E-state index in [1.54, 1.807) is 0 Å². The van der Waals surface area contributed by atoms with Crippen LogP contribution in [0.5, 0.6) is 0 Å². The first-order valence-electron chi connectivity index (χ1n) is 4.71. The molecule has 1 rings (SSSR count). The van der Waals surface area contributed by atoms with E-state index in [1.807, 2.05) is 0 Å². The van der Waals surface area contributed by atoms with Crippen LogP contribution in [0.2, 0.25) is 0 Å². The first-order valence-corrected chi connectivity index (χ1v) is 6.15. The predicted octanol–water partition coefficient (Wildman–Crippen LogP) is 1.04. The Morgan fingerprint density at radius 2 is 1.69 bits per heavy atom. The highest BCUT2D eigenvalue weighted by Gasteiger charge is 2.22. The zero-order chi connectivity index (χ0) is 12.5. The number of rotatable bonds is 3. The van der Waals surface area contributed by atoms with Crippen molar-refractivity contribution in [3.05, 3.63) is 29.3 Å². The van der Waals surface area contributed by atoms with Crippen molar-refractivity contribution in [3.8, 4) is 0 Å². The summed E-state index contributed by atoms with van der Waals surface area (Å²) in [4.78, 5) is -0.374. The highest BCUT2D eigenvalue weighted by atomic mass is 32.2. The Hall–Kier alpha value is -0.950. The van der Waals surface area contributed by atoms with Crippen LogP contribution in [-0.4, -0.2) is 23.2 Å². The molecular formula is C10H14O5S. The third-order valence-electron chi connectivity index (χ3n) is 2.25. The van der Waals surface area contributed by atoms with Crippen molar-refractivity contribution in [2.24, 2.45) is 0 Å². The van der Waals surface area contributed by atoms with E-state index in [9.17, 15) is 18.6 Å². The summed E-state index contributed by atoms with van der Waals surface area (Å²) in [6.07, 6.45) is -2.02. The quantitative estimate of drug-likeness (QED) is 0.693. The van der Waals surface area contributed by atoms with Gasteiger partial charge in [-0.2, -0.15) is 8.42 Å². The van der Waals surface area contributed by atoms with Gasteiger partial charge in [0.1, 0.15) is 4.90 Å². The zero-order valence-corrected chi connectivity index (χ0v) is 9.77. The minimum Gasteiger partial charge on any atom is -0.389 e. The summed E-state index contributed by atoms with van der Waals surface area (Å²) in [5, 5.41) is 19.0. The largest absolute Gasteiger partial charge is 0.389 e. The third-order valence-corrected chi connectivity index (χ3v) is 3.16. The number of aliphatic hydroxyl groups is 2. The lowest BCUT2D eigenvalue weighted by atomic mass is 9.99. The number of aliphatic hydroxyl groups excluding tert-OH is 2. The average molecular weight is 246 g/mol. The summed E-state index contributed by atoms with van der Waals surface area (Å²) < 4.78 is 31.2. The highest BCUT2D eigenvalue weighted by molar-refractivity contribution is 7.85. The van der Waals surface area contributed by atoms with Crippen LogP contribution in [0.4, 0.5) is 0 Å². The zero-order valence-electron chi connectivity index (χ0n) is 8.95. The molecule has 16 heavy (non-hydrogen) atoms. The van der Waals surface area contributed by atoms with Crippen molar-refractivity contribution >= 4 is 10.1 Å². The fraction of sp³-hybridized carbons (Fsp3) is 0.400. The molecule has 0 spiro atoms. The molecule has 0 aliphatic heterocycles. The molecule has 90 valence electrons. The van der Waals surface area contributed by atoms with E-state index in [4.69, 9.17) is 4.55 Å². The summed E-state index contributed by atoms with van der Waals surface area (Å²) in [5.41, 5.74) is 0.310. The second kappa shape index (κ2) is 4.50. The van der Waals surface area contributed by atoms with Crippen molar-refractivity contribution in [1.29, 1.82) is 0 Å². The Bertz CT molecular complexity index is 476. The molecule has 0 saturated heterocycles. The van der Waals surface area contributed by atoms with Crippen molar-refractivity contribution in [3.63, 3.8) is 0 Å². The molecule has 6 heteroatoms. The van der Waals surface area contributed by atoms with E-state index >= 15 is 0 Å². The summed E-state index contributed by atoms with van der Waals surface area (Å²) >= 11 is 0. The fourth-order valence-corrected chi connectivity index (χ4v) is 2.41. The van der Waals surface area contributed by atoms with Gasteiger partial charge >= 0.3 is 0 Å². The van der Waals surface area contributed by atoms with Gasteiger partial charge in [-0.15, -0.1) is 0 Å². The van der Waals surface area contributed by atoms with E-state index in [0.29, 0.717) is 0 Å². The molecule has 1 aromatic rings. The maximum atomic E-state index is 11.1. The van der Waals surface area contributed by atoms with Gasteiger partial charge in [0, 0.05) is 5.56 Å². The van der Waals surface area contributed by atoms with Crippen LogP contribution in [0.3, 0.4) is 0 Å². The summed E-state index contributed by atoms with van der Waals surface area (Å²) in [5.74, 6) is 0. The molecule has 0 radical (unpaired) electrons. The molecule has 0 saturated carbocycles. The summed E-state index contributed by atoms with van der Waals surface area (Å²) in [7, 11) is -4.41. The monoisotopic (exact) mass is 246 g/mol. The molecule has 1 aromatic carbocycles. The average Bonchev–Trinajstić information content (AvgIpc) is 2.14. The smallest absolute Gasteiger partial charge is 0.294 e.